The first-order valence-corrected chi connectivity index (χ1v) is 7.32. The van der Waals surface area contributed by atoms with Crippen LogP contribution in [-0.4, -0.2) is 41.1 Å². The molecular formula is C16H18N4O2. The van der Waals surface area contributed by atoms with Crippen molar-refractivity contribution < 1.29 is 9.59 Å². The van der Waals surface area contributed by atoms with Gasteiger partial charge in [-0.2, -0.15) is 5.10 Å². The lowest BCUT2D eigenvalue weighted by molar-refractivity contribution is -0.130. The molecule has 1 aliphatic rings. The number of amides is 2. The van der Waals surface area contributed by atoms with E-state index in [1.807, 2.05) is 24.4 Å². The Bertz CT molecular complexity index is 747. The predicted molar refractivity (Wildman–Crippen MR) is 84.5 cm³/mol. The molecule has 3 rings (SSSR count). The van der Waals surface area contributed by atoms with Gasteiger partial charge in [-0.3, -0.25) is 9.59 Å². The van der Waals surface area contributed by atoms with Crippen LogP contribution in [0.1, 0.15) is 18.4 Å². The van der Waals surface area contributed by atoms with E-state index in [1.165, 1.54) is 16.0 Å². The van der Waals surface area contributed by atoms with Crippen molar-refractivity contribution in [1.82, 2.24) is 15.3 Å². The highest BCUT2D eigenvalue weighted by Crippen LogP contribution is 2.17. The minimum absolute atomic E-state index is 0.0599. The van der Waals surface area contributed by atoms with Gasteiger partial charge in [0.15, 0.2) is 0 Å². The molecule has 0 saturated heterocycles. The topological polar surface area (TPSA) is 77.6 Å². The van der Waals surface area contributed by atoms with Crippen LogP contribution < -0.4 is 5.32 Å². The fourth-order valence-electron chi connectivity index (χ4n) is 2.58. The third-order valence-electron chi connectivity index (χ3n) is 3.82. The van der Waals surface area contributed by atoms with Crippen LogP contribution >= 0.6 is 0 Å². The Kier molecular flexibility index (Phi) is 3.91. The average molecular weight is 298 g/mol. The normalized spacial score (nSPS) is 15.0. The molecule has 2 aromatic rings. The summed E-state index contributed by atoms with van der Waals surface area (Å²) < 4.78 is 0. The molecule has 6 heteroatoms. The van der Waals surface area contributed by atoms with Gasteiger partial charge in [-0.15, -0.1) is 0 Å². The summed E-state index contributed by atoms with van der Waals surface area (Å²) in [6.45, 7) is 0.539. The molecule has 0 atom stereocenters. The van der Waals surface area contributed by atoms with Gasteiger partial charge in [0.2, 0.25) is 5.91 Å². The van der Waals surface area contributed by atoms with Gasteiger partial charge >= 0.3 is 0 Å². The summed E-state index contributed by atoms with van der Waals surface area (Å²) in [6, 6.07) is 8.08. The number of H-pyrrole nitrogens is 1. The van der Waals surface area contributed by atoms with Crippen molar-refractivity contribution in [3.8, 4) is 0 Å². The number of rotatable bonds is 4. The largest absolute Gasteiger partial charge is 0.361 e. The number of aromatic amines is 1. The lowest BCUT2D eigenvalue weighted by atomic mass is 10.1. The second-order valence-corrected chi connectivity index (χ2v) is 5.33. The minimum atomic E-state index is -0.195. The number of hydrogen-bond donors (Lipinski definition) is 2. The lowest BCUT2D eigenvalue weighted by Crippen LogP contribution is -2.38. The Labute approximate surface area is 128 Å². The van der Waals surface area contributed by atoms with Crippen LogP contribution in [0.15, 0.2) is 35.6 Å². The number of aromatic nitrogens is 1. The smallest absolute Gasteiger partial charge is 0.267 e. The van der Waals surface area contributed by atoms with Crippen LogP contribution in [0.4, 0.5) is 0 Å². The predicted octanol–water partition coefficient (Wildman–Crippen LogP) is 1.43. The Balaban J connectivity index is 1.58. The molecule has 0 saturated carbocycles. The molecule has 0 fully saturated rings. The zero-order valence-electron chi connectivity index (χ0n) is 12.4. The quantitative estimate of drug-likeness (QED) is 0.896. The first-order valence-electron chi connectivity index (χ1n) is 7.32. The fourth-order valence-corrected chi connectivity index (χ4v) is 2.58. The summed E-state index contributed by atoms with van der Waals surface area (Å²) in [6.07, 6.45) is 3.46. The standard InChI is InChI=1S/C16H18N4O2/c1-20-15(21)7-6-14(19-20)16(22)17-9-8-11-10-18-13-5-3-2-4-12(11)13/h2-5,10,18H,6-9H2,1H3,(H,17,22). The first-order chi connectivity index (χ1) is 10.6. The third kappa shape index (κ3) is 2.86. The monoisotopic (exact) mass is 298 g/mol. The molecule has 0 spiro atoms. The third-order valence-corrected chi connectivity index (χ3v) is 3.82. The number of carbonyl (C=O) groups is 2. The molecule has 114 valence electrons. The van der Waals surface area contributed by atoms with Crippen molar-refractivity contribution in [2.75, 3.05) is 13.6 Å². The van der Waals surface area contributed by atoms with E-state index in [0.717, 1.165) is 11.9 Å². The highest BCUT2D eigenvalue weighted by molar-refractivity contribution is 6.39. The van der Waals surface area contributed by atoms with E-state index < -0.39 is 0 Å². The summed E-state index contributed by atoms with van der Waals surface area (Å²) in [5, 5.41) is 9.29. The fraction of sp³-hybridized carbons (Fsp3) is 0.312. The summed E-state index contributed by atoms with van der Waals surface area (Å²) in [5.41, 5.74) is 2.69. The first kappa shape index (κ1) is 14.3. The summed E-state index contributed by atoms with van der Waals surface area (Å²) >= 11 is 0. The van der Waals surface area contributed by atoms with Crippen molar-refractivity contribution in [2.45, 2.75) is 19.3 Å². The van der Waals surface area contributed by atoms with E-state index in [1.54, 1.807) is 7.05 Å². The Hall–Kier alpha value is -2.63. The molecule has 0 bridgehead atoms. The van der Waals surface area contributed by atoms with E-state index in [9.17, 15) is 9.59 Å². The van der Waals surface area contributed by atoms with E-state index in [0.29, 0.717) is 25.1 Å². The number of hydrazone groups is 1. The summed E-state index contributed by atoms with van der Waals surface area (Å²) in [4.78, 5) is 26.6. The van der Waals surface area contributed by atoms with Crippen molar-refractivity contribution in [3.63, 3.8) is 0 Å². The lowest BCUT2D eigenvalue weighted by Gasteiger charge is -2.18. The van der Waals surface area contributed by atoms with Gasteiger partial charge in [-0.1, -0.05) is 18.2 Å². The Morgan fingerprint density at radius 3 is 3.00 bits per heavy atom. The van der Waals surface area contributed by atoms with Crippen molar-refractivity contribution >= 4 is 28.4 Å². The molecule has 0 radical (unpaired) electrons. The second-order valence-electron chi connectivity index (χ2n) is 5.33. The van der Waals surface area contributed by atoms with Crippen molar-refractivity contribution in [3.05, 3.63) is 36.0 Å². The number of hydrogen-bond acceptors (Lipinski definition) is 3. The molecule has 6 nitrogen and oxygen atoms in total. The minimum Gasteiger partial charge on any atom is -0.361 e. The zero-order chi connectivity index (χ0) is 15.5. The van der Waals surface area contributed by atoms with Gasteiger partial charge in [0.1, 0.15) is 5.71 Å². The molecule has 0 aliphatic carbocycles. The number of benzene rings is 1. The van der Waals surface area contributed by atoms with Gasteiger partial charge in [-0.25, -0.2) is 5.01 Å². The van der Waals surface area contributed by atoms with Gasteiger partial charge in [0.25, 0.3) is 5.91 Å². The number of nitrogens with one attached hydrogen (secondary N) is 2. The van der Waals surface area contributed by atoms with E-state index in [2.05, 4.69) is 21.5 Å². The van der Waals surface area contributed by atoms with E-state index in [4.69, 9.17) is 0 Å². The number of para-hydroxylation sites is 1. The molecule has 22 heavy (non-hydrogen) atoms. The molecule has 2 N–H and O–H groups in total. The molecular weight excluding hydrogens is 280 g/mol. The van der Waals surface area contributed by atoms with Gasteiger partial charge in [0, 0.05) is 43.5 Å². The molecule has 2 heterocycles. The van der Waals surface area contributed by atoms with Crippen molar-refractivity contribution in [2.24, 2.45) is 5.10 Å². The van der Waals surface area contributed by atoms with Crippen LogP contribution in [0.2, 0.25) is 0 Å². The Morgan fingerprint density at radius 2 is 2.18 bits per heavy atom. The summed E-state index contributed by atoms with van der Waals surface area (Å²) in [7, 11) is 1.57. The molecule has 0 unspecified atom stereocenters. The molecule has 1 aromatic carbocycles. The number of fused-ring (bicyclic) bond motifs is 1. The van der Waals surface area contributed by atoms with Crippen LogP contribution in [0, 0.1) is 0 Å². The van der Waals surface area contributed by atoms with Crippen LogP contribution in [-0.2, 0) is 16.0 Å². The van der Waals surface area contributed by atoms with E-state index >= 15 is 0 Å². The van der Waals surface area contributed by atoms with Gasteiger partial charge in [0.05, 0.1) is 0 Å². The average Bonchev–Trinajstić information content (AvgIpc) is 2.93. The SMILES string of the molecule is CN1N=C(C(=O)NCCc2c[nH]c3ccccc23)CCC1=O. The van der Waals surface area contributed by atoms with Gasteiger partial charge in [-0.05, 0) is 18.1 Å². The molecule has 2 amide bonds. The maximum absolute atomic E-state index is 12.1. The maximum Gasteiger partial charge on any atom is 0.267 e. The summed E-state index contributed by atoms with van der Waals surface area (Å²) in [5.74, 6) is -0.255. The zero-order valence-corrected chi connectivity index (χ0v) is 12.4. The Morgan fingerprint density at radius 1 is 1.36 bits per heavy atom. The highest BCUT2D eigenvalue weighted by atomic mass is 16.2. The number of carbonyl (C=O) groups excluding carboxylic acids is 2. The van der Waals surface area contributed by atoms with Gasteiger partial charge < -0.3 is 10.3 Å². The molecule has 1 aliphatic heterocycles. The maximum atomic E-state index is 12.1. The van der Waals surface area contributed by atoms with Crippen LogP contribution in [0.3, 0.4) is 0 Å². The second kappa shape index (κ2) is 6.01. The van der Waals surface area contributed by atoms with Crippen LogP contribution in [0.5, 0.6) is 0 Å². The van der Waals surface area contributed by atoms with E-state index in [-0.39, 0.29) is 11.8 Å². The number of nitrogens with zero attached hydrogens (tertiary/aromatic N) is 2. The molecule has 1 aromatic heterocycles. The van der Waals surface area contributed by atoms with Crippen LogP contribution in [0.25, 0.3) is 10.9 Å². The van der Waals surface area contributed by atoms with Crippen molar-refractivity contribution in [1.29, 1.82) is 0 Å². The highest BCUT2D eigenvalue weighted by Gasteiger charge is 2.21.